The van der Waals surface area contributed by atoms with Crippen molar-refractivity contribution in [1.29, 1.82) is 0 Å². The first-order valence-corrected chi connectivity index (χ1v) is 7.11. The number of nitrogens with zero attached hydrogens (tertiary/aromatic N) is 1. The van der Waals surface area contributed by atoms with Gasteiger partial charge in [-0.05, 0) is 37.8 Å². The Bertz CT molecular complexity index is 493. The Balaban J connectivity index is 2.09. The molecule has 0 bridgehead atoms. The summed E-state index contributed by atoms with van der Waals surface area (Å²) in [7, 11) is 0. The average molecular weight is 292 g/mol. The minimum Gasteiger partial charge on any atom is -0.449 e. The van der Waals surface area contributed by atoms with Gasteiger partial charge in [-0.3, -0.25) is 0 Å². The monoisotopic (exact) mass is 292 g/mol. The van der Waals surface area contributed by atoms with Gasteiger partial charge in [-0.25, -0.2) is 20.0 Å². The number of carbonyl (C=O) groups excluding carboxylic acids is 2. The largest absolute Gasteiger partial charge is 0.449 e. The number of amides is 2. The lowest BCUT2D eigenvalue weighted by Crippen LogP contribution is -2.52. The number of nitrogens with one attached hydrogen (secondary N) is 1. The Hall–Kier alpha value is -2.24. The van der Waals surface area contributed by atoms with E-state index in [9.17, 15) is 9.59 Å². The molecule has 0 fully saturated rings. The van der Waals surface area contributed by atoms with Gasteiger partial charge < -0.3 is 9.47 Å². The van der Waals surface area contributed by atoms with Crippen molar-refractivity contribution in [3.8, 4) is 0 Å². The van der Waals surface area contributed by atoms with Crippen LogP contribution in [-0.4, -0.2) is 36.5 Å². The number of rotatable bonds is 3. The molecule has 1 aliphatic carbocycles. The van der Waals surface area contributed by atoms with E-state index in [1.54, 1.807) is 13.8 Å². The standard InChI is InChI=1S/C15H20N2O4/c1-3-20-14(18)16-17(15(19)21-4-2)13-9-11-7-5-6-8-12(11)10-13/h5-8,13H,3-4,9-10H2,1-2H3,(H,16,18). The molecule has 2 rings (SSSR count). The first kappa shape index (κ1) is 15.2. The topological polar surface area (TPSA) is 67.9 Å². The van der Waals surface area contributed by atoms with Crippen LogP contribution in [0.4, 0.5) is 9.59 Å². The van der Waals surface area contributed by atoms with Gasteiger partial charge >= 0.3 is 12.2 Å². The number of hydrazine groups is 1. The molecule has 0 heterocycles. The van der Waals surface area contributed by atoms with E-state index in [2.05, 4.69) is 5.43 Å². The van der Waals surface area contributed by atoms with Gasteiger partial charge in [-0.2, -0.15) is 0 Å². The maximum absolute atomic E-state index is 12.1. The zero-order chi connectivity index (χ0) is 15.2. The van der Waals surface area contributed by atoms with Crippen LogP contribution in [0.3, 0.4) is 0 Å². The van der Waals surface area contributed by atoms with E-state index in [0.717, 1.165) is 0 Å². The number of fused-ring (bicyclic) bond motifs is 1. The van der Waals surface area contributed by atoms with Crippen molar-refractivity contribution < 1.29 is 19.1 Å². The van der Waals surface area contributed by atoms with Crippen LogP contribution < -0.4 is 5.43 Å². The van der Waals surface area contributed by atoms with Crippen LogP contribution in [0.15, 0.2) is 24.3 Å². The SMILES string of the molecule is CCOC(=O)NN(C(=O)OCC)C1Cc2ccccc2C1. The summed E-state index contributed by atoms with van der Waals surface area (Å²) < 4.78 is 9.85. The molecule has 1 N–H and O–H groups in total. The lowest BCUT2D eigenvalue weighted by atomic mass is 10.1. The van der Waals surface area contributed by atoms with E-state index in [1.807, 2.05) is 24.3 Å². The summed E-state index contributed by atoms with van der Waals surface area (Å²) in [5.41, 5.74) is 4.84. The van der Waals surface area contributed by atoms with E-state index < -0.39 is 12.2 Å². The quantitative estimate of drug-likeness (QED) is 0.868. The molecule has 0 aromatic heterocycles. The summed E-state index contributed by atoms with van der Waals surface area (Å²) in [5.74, 6) is 0. The predicted octanol–water partition coefficient (Wildman–Crippen LogP) is 2.27. The minimum atomic E-state index is -0.651. The van der Waals surface area contributed by atoms with Gasteiger partial charge in [0.15, 0.2) is 0 Å². The fourth-order valence-corrected chi connectivity index (χ4v) is 2.46. The molecule has 0 radical (unpaired) electrons. The Morgan fingerprint density at radius 1 is 1.14 bits per heavy atom. The molecule has 6 heteroatoms. The highest BCUT2D eigenvalue weighted by Gasteiger charge is 2.32. The highest BCUT2D eigenvalue weighted by Crippen LogP contribution is 2.25. The summed E-state index contributed by atoms with van der Waals surface area (Å²) in [4.78, 5) is 23.7. The van der Waals surface area contributed by atoms with Gasteiger partial charge in [0.2, 0.25) is 0 Å². The number of hydrogen-bond acceptors (Lipinski definition) is 4. The Morgan fingerprint density at radius 3 is 2.24 bits per heavy atom. The van der Waals surface area contributed by atoms with Crippen LogP contribution in [0.25, 0.3) is 0 Å². The fraction of sp³-hybridized carbons (Fsp3) is 0.467. The van der Waals surface area contributed by atoms with Crippen LogP contribution in [0.2, 0.25) is 0 Å². The van der Waals surface area contributed by atoms with Crippen LogP contribution >= 0.6 is 0 Å². The first-order chi connectivity index (χ1) is 10.2. The summed E-state index contributed by atoms with van der Waals surface area (Å²) in [6.45, 7) is 3.93. The minimum absolute atomic E-state index is 0.161. The van der Waals surface area contributed by atoms with Gasteiger partial charge in [0, 0.05) is 0 Å². The average Bonchev–Trinajstić information content (AvgIpc) is 2.88. The molecule has 0 saturated carbocycles. The smallest absolute Gasteiger partial charge is 0.429 e. The van der Waals surface area contributed by atoms with Crippen molar-refractivity contribution in [3.63, 3.8) is 0 Å². The molecule has 0 atom stereocenters. The van der Waals surface area contributed by atoms with Crippen molar-refractivity contribution in [1.82, 2.24) is 10.4 Å². The number of ether oxygens (including phenoxy) is 2. The normalized spacial score (nSPS) is 13.4. The fourth-order valence-electron chi connectivity index (χ4n) is 2.46. The van der Waals surface area contributed by atoms with Gasteiger partial charge in [-0.1, -0.05) is 24.3 Å². The first-order valence-electron chi connectivity index (χ1n) is 7.11. The summed E-state index contributed by atoms with van der Waals surface area (Å²) >= 11 is 0. The lowest BCUT2D eigenvalue weighted by Gasteiger charge is -2.27. The van der Waals surface area contributed by atoms with Gasteiger partial charge in [0.1, 0.15) is 0 Å². The second kappa shape index (κ2) is 6.97. The molecule has 0 saturated heterocycles. The van der Waals surface area contributed by atoms with Crippen molar-refractivity contribution in [2.75, 3.05) is 13.2 Å². The summed E-state index contributed by atoms with van der Waals surface area (Å²) in [6.07, 6.45) is 0.146. The Kier molecular flexibility index (Phi) is 5.03. The third-order valence-corrected chi connectivity index (χ3v) is 3.35. The molecular formula is C15H20N2O4. The van der Waals surface area contributed by atoms with Crippen LogP contribution in [0.1, 0.15) is 25.0 Å². The molecule has 1 aromatic carbocycles. The molecule has 6 nitrogen and oxygen atoms in total. The molecule has 0 spiro atoms. The second-order valence-corrected chi connectivity index (χ2v) is 4.73. The molecule has 0 aliphatic heterocycles. The molecule has 2 amide bonds. The highest BCUT2D eigenvalue weighted by molar-refractivity contribution is 5.74. The van der Waals surface area contributed by atoms with Crippen molar-refractivity contribution in [3.05, 3.63) is 35.4 Å². The zero-order valence-electron chi connectivity index (χ0n) is 12.3. The molecule has 1 aliphatic rings. The molecule has 1 aromatic rings. The summed E-state index contributed by atoms with van der Waals surface area (Å²) in [5, 5.41) is 1.24. The molecule has 21 heavy (non-hydrogen) atoms. The van der Waals surface area contributed by atoms with Gasteiger partial charge in [-0.15, -0.1) is 0 Å². The van der Waals surface area contributed by atoms with E-state index in [0.29, 0.717) is 12.8 Å². The number of carbonyl (C=O) groups is 2. The predicted molar refractivity (Wildman–Crippen MR) is 76.7 cm³/mol. The van der Waals surface area contributed by atoms with Crippen LogP contribution in [0.5, 0.6) is 0 Å². The lowest BCUT2D eigenvalue weighted by molar-refractivity contribution is 0.0568. The third kappa shape index (κ3) is 3.65. The van der Waals surface area contributed by atoms with Crippen molar-refractivity contribution in [2.45, 2.75) is 32.7 Å². The maximum atomic E-state index is 12.1. The number of hydrogen-bond donors (Lipinski definition) is 1. The van der Waals surface area contributed by atoms with Crippen LogP contribution in [0, 0.1) is 0 Å². The molecule has 114 valence electrons. The van der Waals surface area contributed by atoms with E-state index >= 15 is 0 Å². The molecular weight excluding hydrogens is 272 g/mol. The van der Waals surface area contributed by atoms with Gasteiger partial charge in [0.25, 0.3) is 0 Å². The maximum Gasteiger partial charge on any atom is 0.429 e. The highest BCUT2D eigenvalue weighted by atomic mass is 16.6. The third-order valence-electron chi connectivity index (χ3n) is 3.35. The van der Waals surface area contributed by atoms with E-state index in [-0.39, 0.29) is 19.3 Å². The Morgan fingerprint density at radius 2 is 1.71 bits per heavy atom. The molecule has 0 unspecified atom stereocenters. The zero-order valence-corrected chi connectivity index (χ0v) is 12.3. The summed E-state index contributed by atoms with van der Waals surface area (Å²) in [6, 6.07) is 7.83. The van der Waals surface area contributed by atoms with Gasteiger partial charge in [0.05, 0.1) is 19.3 Å². The van der Waals surface area contributed by atoms with E-state index in [1.165, 1.54) is 16.1 Å². The van der Waals surface area contributed by atoms with Crippen LogP contribution in [-0.2, 0) is 22.3 Å². The number of benzene rings is 1. The van der Waals surface area contributed by atoms with Crippen molar-refractivity contribution in [2.24, 2.45) is 0 Å². The van der Waals surface area contributed by atoms with E-state index in [4.69, 9.17) is 9.47 Å². The van der Waals surface area contributed by atoms with Crippen molar-refractivity contribution >= 4 is 12.2 Å². The second-order valence-electron chi connectivity index (χ2n) is 4.73. The Labute approximate surface area is 124 Å².